The molecule has 0 aromatic heterocycles. The van der Waals surface area contributed by atoms with Gasteiger partial charge >= 0.3 is 0 Å². The molecule has 6 heteroatoms. The maximum Gasteiger partial charge on any atom is 0.261 e. The smallest absolute Gasteiger partial charge is 0.261 e. The molecule has 0 amide bonds. The Bertz CT molecular complexity index is 319. The van der Waals surface area contributed by atoms with E-state index in [0.29, 0.717) is 6.42 Å². The summed E-state index contributed by atoms with van der Waals surface area (Å²) in [7, 11) is 0. The molecule has 1 atom stereocenters. The quantitative estimate of drug-likeness (QED) is 0.441. The number of halogens is 3. The second-order valence-electron chi connectivity index (χ2n) is 3.53. The summed E-state index contributed by atoms with van der Waals surface area (Å²) in [5.74, 6) is 5.00. The van der Waals surface area contributed by atoms with Gasteiger partial charge in [0.25, 0.3) is 6.43 Å². The van der Waals surface area contributed by atoms with Crippen molar-refractivity contribution in [3.8, 4) is 0 Å². The molecule has 0 aliphatic rings. The van der Waals surface area contributed by atoms with Crippen molar-refractivity contribution in [2.24, 2.45) is 5.84 Å². The van der Waals surface area contributed by atoms with Crippen molar-refractivity contribution in [1.82, 2.24) is 5.43 Å². The van der Waals surface area contributed by atoms with E-state index < -0.39 is 13.0 Å². The third-order valence-corrected chi connectivity index (χ3v) is 2.27. The maximum atomic E-state index is 12.7. The van der Waals surface area contributed by atoms with Gasteiger partial charge in [0.2, 0.25) is 0 Å². The molecular weight excluding hydrogens is 233 g/mol. The van der Waals surface area contributed by atoms with Crippen molar-refractivity contribution in [3.63, 3.8) is 0 Å². The van der Waals surface area contributed by atoms with E-state index >= 15 is 0 Å². The fourth-order valence-electron chi connectivity index (χ4n) is 1.41. The molecule has 0 aliphatic carbocycles. The second kappa shape index (κ2) is 7.26. The molecule has 17 heavy (non-hydrogen) atoms. The Morgan fingerprint density at radius 1 is 1.24 bits per heavy atom. The summed E-state index contributed by atoms with van der Waals surface area (Å²) in [5.41, 5.74) is 3.32. The molecule has 1 unspecified atom stereocenters. The Hall–Kier alpha value is -1.11. The number of ether oxygens (including phenoxy) is 1. The van der Waals surface area contributed by atoms with E-state index in [1.165, 1.54) is 12.1 Å². The van der Waals surface area contributed by atoms with Crippen molar-refractivity contribution in [3.05, 3.63) is 35.6 Å². The molecule has 1 aromatic rings. The summed E-state index contributed by atoms with van der Waals surface area (Å²) in [6.07, 6.45) is -2.03. The van der Waals surface area contributed by atoms with E-state index in [9.17, 15) is 13.2 Å². The zero-order valence-electron chi connectivity index (χ0n) is 9.20. The number of hydrogen-bond donors (Lipinski definition) is 2. The van der Waals surface area contributed by atoms with Crippen LogP contribution in [0, 0.1) is 5.82 Å². The third-order valence-electron chi connectivity index (χ3n) is 2.27. The van der Waals surface area contributed by atoms with E-state index in [-0.39, 0.29) is 18.5 Å². The summed E-state index contributed by atoms with van der Waals surface area (Å²) in [6, 6.07) is 5.58. The Morgan fingerprint density at radius 3 is 2.41 bits per heavy atom. The van der Waals surface area contributed by atoms with Crippen molar-refractivity contribution in [2.75, 3.05) is 13.2 Å². The maximum absolute atomic E-state index is 12.7. The highest BCUT2D eigenvalue weighted by Crippen LogP contribution is 2.16. The van der Waals surface area contributed by atoms with Gasteiger partial charge in [0.1, 0.15) is 12.4 Å². The third kappa shape index (κ3) is 5.16. The van der Waals surface area contributed by atoms with E-state index in [2.05, 4.69) is 5.43 Å². The Kier molecular flexibility index (Phi) is 5.96. The molecule has 0 bridgehead atoms. The van der Waals surface area contributed by atoms with Crippen LogP contribution in [-0.2, 0) is 4.74 Å². The SMILES string of the molecule is NNC(CCOCC(F)F)c1ccc(F)cc1. The predicted octanol–water partition coefficient (Wildman–Crippen LogP) is 2.00. The zero-order chi connectivity index (χ0) is 12.7. The average Bonchev–Trinajstić information content (AvgIpc) is 2.30. The van der Waals surface area contributed by atoms with E-state index in [0.717, 1.165) is 5.56 Å². The molecule has 0 saturated heterocycles. The highest BCUT2D eigenvalue weighted by molar-refractivity contribution is 5.19. The van der Waals surface area contributed by atoms with Gasteiger partial charge < -0.3 is 4.74 Å². The summed E-state index contributed by atoms with van der Waals surface area (Å²) in [4.78, 5) is 0. The molecule has 0 spiro atoms. The number of nitrogens with one attached hydrogen (secondary N) is 1. The first-order chi connectivity index (χ1) is 8.13. The van der Waals surface area contributed by atoms with Crippen LogP contribution in [0.25, 0.3) is 0 Å². The first kappa shape index (κ1) is 14.0. The van der Waals surface area contributed by atoms with Crippen LogP contribution in [0.3, 0.4) is 0 Å². The number of alkyl halides is 2. The van der Waals surface area contributed by atoms with Gasteiger partial charge in [0.05, 0.1) is 0 Å². The van der Waals surface area contributed by atoms with Gasteiger partial charge in [-0.3, -0.25) is 11.3 Å². The highest BCUT2D eigenvalue weighted by Gasteiger charge is 2.10. The minimum absolute atomic E-state index is 0.163. The van der Waals surface area contributed by atoms with E-state index in [1.54, 1.807) is 12.1 Å². The topological polar surface area (TPSA) is 47.3 Å². The van der Waals surface area contributed by atoms with Crippen LogP contribution in [-0.4, -0.2) is 19.6 Å². The Labute approximate surface area is 97.7 Å². The number of benzene rings is 1. The zero-order valence-corrected chi connectivity index (χ0v) is 9.20. The number of rotatable bonds is 7. The fourth-order valence-corrected chi connectivity index (χ4v) is 1.41. The first-order valence-corrected chi connectivity index (χ1v) is 5.21. The number of nitrogens with two attached hydrogens (primary N) is 1. The Balaban J connectivity index is 2.40. The summed E-state index contributed by atoms with van der Waals surface area (Å²) < 4.78 is 41.0. The monoisotopic (exact) mass is 248 g/mol. The lowest BCUT2D eigenvalue weighted by Gasteiger charge is -2.16. The van der Waals surface area contributed by atoms with E-state index in [4.69, 9.17) is 10.6 Å². The number of hydrogen-bond acceptors (Lipinski definition) is 3. The molecular formula is C11H15F3N2O. The highest BCUT2D eigenvalue weighted by atomic mass is 19.3. The summed E-state index contributed by atoms with van der Waals surface area (Å²) in [6.45, 7) is -0.419. The lowest BCUT2D eigenvalue weighted by atomic mass is 10.1. The molecule has 0 radical (unpaired) electrons. The fraction of sp³-hybridized carbons (Fsp3) is 0.455. The lowest BCUT2D eigenvalue weighted by Crippen LogP contribution is -2.29. The van der Waals surface area contributed by atoms with Crippen LogP contribution < -0.4 is 11.3 Å². The van der Waals surface area contributed by atoms with Crippen molar-refractivity contribution >= 4 is 0 Å². The molecule has 0 aliphatic heterocycles. The van der Waals surface area contributed by atoms with Crippen LogP contribution in [0.5, 0.6) is 0 Å². The Morgan fingerprint density at radius 2 is 1.88 bits per heavy atom. The van der Waals surface area contributed by atoms with Gasteiger partial charge in [-0.2, -0.15) is 0 Å². The molecule has 1 rings (SSSR count). The molecule has 1 aromatic carbocycles. The lowest BCUT2D eigenvalue weighted by molar-refractivity contribution is 0.0143. The van der Waals surface area contributed by atoms with Gasteiger partial charge in [0, 0.05) is 12.6 Å². The largest absolute Gasteiger partial charge is 0.375 e. The van der Waals surface area contributed by atoms with Crippen LogP contribution in [0.4, 0.5) is 13.2 Å². The molecule has 0 heterocycles. The van der Waals surface area contributed by atoms with Crippen molar-refractivity contribution in [1.29, 1.82) is 0 Å². The minimum Gasteiger partial charge on any atom is -0.375 e. The van der Waals surface area contributed by atoms with Crippen LogP contribution in [0.1, 0.15) is 18.0 Å². The number of hydrazine groups is 1. The summed E-state index contributed by atoms with van der Waals surface area (Å²) in [5, 5.41) is 0. The van der Waals surface area contributed by atoms with Gasteiger partial charge in [0.15, 0.2) is 0 Å². The molecule has 3 nitrogen and oxygen atoms in total. The first-order valence-electron chi connectivity index (χ1n) is 5.21. The van der Waals surface area contributed by atoms with Crippen molar-refractivity contribution < 1.29 is 17.9 Å². The van der Waals surface area contributed by atoms with Crippen molar-refractivity contribution in [2.45, 2.75) is 18.9 Å². The molecule has 0 saturated carbocycles. The summed E-state index contributed by atoms with van der Waals surface area (Å²) >= 11 is 0. The normalized spacial score (nSPS) is 13.0. The van der Waals surface area contributed by atoms with Crippen LogP contribution in [0.15, 0.2) is 24.3 Å². The second-order valence-corrected chi connectivity index (χ2v) is 3.53. The van der Waals surface area contributed by atoms with Crippen LogP contribution >= 0.6 is 0 Å². The van der Waals surface area contributed by atoms with Gasteiger partial charge in [-0.1, -0.05) is 12.1 Å². The van der Waals surface area contributed by atoms with Gasteiger partial charge in [-0.15, -0.1) is 0 Å². The van der Waals surface area contributed by atoms with Gasteiger partial charge in [-0.05, 0) is 24.1 Å². The van der Waals surface area contributed by atoms with E-state index in [1.807, 2.05) is 0 Å². The van der Waals surface area contributed by atoms with Crippen LogP contribution in [0.2, 0.25) is 0 Å². The molecule has 3 N–H and O–H groups in total. The standard InChI is InChI=1S/C11H15F3N2O/c12-9-3-1-8(2-4-9)10(16-15)5-6-17-7-11(13)14/h1-4,10-11,16H,5-7,15H2. The molecule has 0 fully saturated rings. The minimum atomic E-state index is -2.47. The average molecular weight is 248 g/mol. The predicted molar refractivity (Wildman–Crippen MR) is 57.9 cm³/mol. The van der Waals surface area contributed by atoms with Gasteiger partial charge in [-0.25, -0.2) is 13.2 Å². The molecule has 96 valence electrons.